The highest BCUT2D eigenvalue weighted by Crippen LogP contribution is 2.43. The summed E-state index contributed by atoms with van der Waals surface area (Å²) in [5.41, 5.74) is 1.46. The Morgan fingerprint density at radius 1 is 1.00 bits per heavy atom. The molecule has 1 amide bonds. The van der Waals surface area contributed by atoms with E-state index >= 15 is 0 Å². The summed E-state index contributed by atoms with van der Waals surface area (Å²) in [6.45, 7) is 4.52. The maximum atomic E-state index is 13.6. The number of nitrogens with zero attached hydrogens (tertiary/aromatic N) is 2. The summed E-state index contributed by atoms with van der Waals surface area (Å²) in [5.74, 6) is 0.107. The number of ether oxygens (including phenoxy) is 1. The zero-order chi connectivity index (χ0) is 22.8. The van der Waals surface area contributed by atoms with Gasteiger partial charge in [-0.05, 0) is 62.4 Å². The number of piperidine rings is 2. The number of rotatable bonds is 6. The molecule has 0 aliphatic carbocycles. The Morgan fingerprint density at radius 3 is 2.34 bits per heavy atom. The zero-order valence-corrected chi connectivity index (χ0v) is 19.9. The van der Waals surface area contributed by atoms with Crippen LogP contribution in [0.15, 0.2) is 53.4 Å². The van der Waals surface area contributed by atoms with Gasteiger partial charge in [-0.15, -0.1) is 0 Å². The number of benzene rings is 2. The van der Waals surface area contributed by atoms with E-state index in [1.807, 2.05) is 36.1 Å². The molecule has 2 fully saturated rings. The van der Waals surface area contributed by atoms with E-state index in [0.717, 1.165) is 24.1 Å². The second-order valence-corrected chi connectivity index (χ2v) is 10.8. The smallest absolute Gasteiger partial charge is 0.244 e. The number of halogens is 1. The van der Waals surface area contributed by atoms with Gasteiger partial charge in [-0.3, -0.25) is 4.79 Å². The number of sulfonamides is 1. The van der Waals surface area contributed by atoms with Crippen molar-refractivity contribution >= 4 is 33.2 Å². The van der Waals surface area contributed by atoms with Crippen molar-refractivity contribution in [3.05, 3.63) is 59.1 Å². The molecular formula is C24H29ClN2O4S. The van der Waals surface area contributed by atoms with E-state index < -0.39 is 15.4 Å². The van der Waals surface area contributed by atoms with Crippen LogP contribution in [0.3, 0.4) is 0 Å². The number of hydrogen-bond donors (Lipinski definition) is 0. The summed E-state index contributed by atoms with van der Waals surface area (Å²) in [6.07, 6.45) is 2.75. The van der Waals surface area contributed by atoms with Gasteiger partial charge >= 0.3 is 0 Å². The molecule has 0 N–H and O–H groups in total. The van der Waals surface area contributed by atoms with Crippen molar-refractivity contribution in [1.82, 2.24) is 4.31 Å². The van der Waals surface area contributed by atoms with E-state index in [4.69, 9.17) is 16.3 Å². The minimum absolute atomic E-state index is 0.107. The quantitative estimate of drug-likeness (QED) is 0.616. The molecule has 0 bridgehead atoms. The normalized spacial score (nSPS) is 19.4. The molecule has 4 rings (SSSR count). The number of carbonyl (C=O) groups is 1. The number of anilines is 1. The molecule has 2 saturated heterocycles. The van der Waals surface area contributed by atoms with Crippen molar-refractivity contribution in [2.24, 2.45) is 5.41 Å². The molecule has 0 atom stereocenters. The summed E-state index contributed by atoms with van der Waals surface area (Å²) >= 11 is 6.14. The lowest BCUT2D eigenvalue weighted by Crippen LogP contribution is -2.54. The fourth-order valence-corrected chi connectivity index (χ4v) is 6.65. The number of amides is 1. The molecule has 0 unspecified atom stereocenters. The van der Waals surface area contributed by atoms with Crippen molar-refractivity contribution < 1.29 is 17.9 Å². The summed E-state index contributed by atoms with van der Waals surface area (Å²) < 4.78 is 33.1. The van der Waals surface area contributed by atoms with Crippen LogP contribution in [0.1, 0.15) is 38.2 Å². The van der Waals surface area contributed by atoms with E-state index in [1.54, 1.807) is 18.2 Å². The molecule has 2 aliphatic heterocycles. The average Bonchev–Trinajstić information content (AvgIpc) is 2.80. The fraction of sp³-hybridized carbons (Fsp3) is 0.458. The van der Waals surface area contributed by atoms with Crippen LogP contribution < -0.4 is 4.90 Å². The Balaban J connectivity index is 1.47. The average molecular weight is 477 g/mol. The van der Waals surface area contributed by atoms with Crippen LogP contribution in [0.25, 0.3) is 0 Å². The molecule has 1 spiro atoms. The topological polar surface area (TPSA) is 66.9 Å². The van der Waals surface area contributed by atoms with Gasteiger partial charge in [0, 0.05) is 31.9 Å². The van der Waals surface area contributed by atoms with Gasteiger partial charge in [-0.2, -0.15) is 4.31 Å². The van der Waals surface area contributed by atoms with Gasteiger partial charge < -0.3 is 9.64 Å². The summed E-state index contributed by atoms with van der Waals surface area (Å²) in [7, 11) is -3.68. The first-order chi connectivity index (χ1) is 15.4. The van der Waals surface area contributed by atoms with Crippen LogP contribution in [-0.2, 0) is 26.2 Å². The van der Waals surface area contributed by atoms with Crippen molar-refractivity contribution in [2.45, 2.75) is 44.1 Å². The molecule has 2 heterocycles. The van der Waals surface area contributed by atoms with E-state index in [0.29, 0.717) is 45.7 Å². The molecule has 6 nitrogen and oxygen atoms in total. The minimum Gasteiger partial charge on any atom is -0.377 e. The Bertz CT molecular complexity index is 1060. The summed E-state index contributed by atoms with van der Waals surface area (Å²) in [6, 6.07) is 14.5. The molecule has 2 aromatic rings. The monoisotopic (exact) mass is 476 g/mol. The maximum absolute atomic E-state index is 13.6. The molecule has 0 radical (unpaired) electrons. The minimum atomic E-state index is -3.68. The van der Waals surface area contributed by atoms with E-state index in [1.165, 1.54) is 10.4 Å². The molecule has 8 heteroatoms. The molecule has 0 aromatic heterocycles. The highest BCUT2D eigenvalue weighted by Gasteiger charge is 2.47. The van der Waals surface area contributed by atoms with Crippen molar-refractivity contribution in [2.75, 3.05) is 31.1 Å². The summed E-state index contributed by atoms with van der Waals surface area (Å²) in [5, 5.41) is 0.223. The highest BCUT2D eigenvalue weighted by atomic mass is 35.5. The van der Waals surface area contributed by atoms with Crippen molar-refractivity contribution in [1.29, 1.82) is 0 Å². The van der Waals surface area contributed by atoms with Crippen LogP contribution >= 0.6 is 11.6 Å². The Labute approximate surface area is 195 Å². The molecule has 172 valence electrons. The van der Waals surface area contributed by atoms with Gasteiger partial charge in [0.1, 0.15) is 4.90 Å². The fourth-order valence-electron chi connectivity index (χ4n) is 4.72. The third-order valence-electron chi connectivity index (χ3n) is 6.59. The van der Waals surface area contributed by atoms with Gasteiger partial charge in [0.05, 0.1) is 17.0 Å². The second-order valence-electron chi connectivity index (χ2n) is 8.48. The lowest BCUT2D eigenvalue weighted by atomic mass is 9.72. The first-order valence-electron chi connectivity index (χ1n) is 11.1. The van der Waals surface area contributed by atoms with Crippen molar-refractivity contribution in [3.8, 4) is 0 Å². The maximum Gasteiger partial charge on any atom is 0.244 e. The predicted molar refractivity (Wildman–Crippen MR) is 125 cm³/mol. The first-order valence-corrected chi connectivity index (χ1v) is 12.9. The van der Waals surface area contributed by atoms with Gasteiger partial charge in [0.15, 0.2) is 0 Å². The number of carbonyl (C=O) groups excluding carboxylic acids is 1. The summed E-state index contributed by atoms with van der Waals surface area (Å²) in [4.78, 5) is 15.5. The molecule has 2 aliphatic rings. The largest absolute Gasteiger partial charge is 0.377 e. The van der Waals surface area contributed by atoms with Gasteiger partial charge in [0.25, 0.3) is 0 Å². The molecular weight excluding hydrogens is 448 g/mol. The Kier molecular flexibility index (Phi) is 6.91. The van der Waals surface area contributed by atoms with E-state index in [-0.39, 0.29) is 15.8 Å². The van der Waals surface area contributed by atoms with Gasteiger partial charge in [0.2, 0.25) is 15.9 Å². The van der Waals surface area contributed by atoms with Crippen LogP contribution in [0, 0.1) is 5.41 Å². The van der Waals surface area contributed by atoms with Gasteiger partial charge in [-0.25, -0.2) is 8.42 Å². The van der Waals surface area contributed by atoms with E-state index in [9.17, 15) is 13.2 Å². The Morgan fingerprint density at radius 2 is 1.69 bits per heavy atom. The third-order valence-corrected chi connectivity index (χ3v) is 8.99. The van der Waals surface area contributed by atoms with Crippen molar-refractivity contribution in [3.63, 3.8) is 0 Å². The molecule has 0 saturated carbocycles. The van der Waals surface area contributed by atoms with Crippen LogP contribution in [0.4, 0.5) is 5.69 Å². The SMILES string of the molecule is CCOCc1ccc(N2CCCC3(CCN(S(=O)(=O)c4ccccc4Cl)CC3)C2=O)cc1. The van der Waals surface area contributed by atoms with E-state index in [2.05, 4.69) is 0 Å². The predicted octanol–water partition coefficient (Wildman–Crippen LogP) is 4.47. The van der Waals surface area contributed by atoms with Crippen LogP contribution in [0.2, 0.25) is 5.02 Å². The highest BCUT2D eigenvalue weighted by molar-refractivity contribution is 7.89. The lowest BCUT2D eigenvalue weighted by Gasteiger charge is -2.46. The van der Waals surface area contributed by atoms with Gasteiger partial charge in [-0.1, -0.05) is 35.9 Å². The second kappa shape index (κ2) is 9.51. The standard InChI is InChI=1S/C24H29ClN2O4S/c1-2-31-18-19-8-10-20(11-9-19)27-15-5-12-24(23(27)28)13-16-26(17-14-24)32(29,30)22-7-4-3-6-21(22)25/h3-4,6-11H,2,5,12-18H2,1H3. The number of hydrogen-bond acceptors (Lipinski definition) is 4. The Hall–Kier alpha value is -1.93. The molecule has 2 aromatic carbocycles. The first kappa shape index (κ1) is 23.2. The van der Waals surface area contributed by atoms with Crippen LogP contribution in [-0.4, -0.2) is 44.9 Å². The van der Waals surface area contributed by atoms with Crippen LogP contribution in [0.5, 0.6) is 0 Å². The third kappa shape index (κ3) is 4.44. The lowest BCUT2D eigenvalue weighted by molar-refractivity contribution is -0.132. The zero-order valence-electron chi connectivity index (χ0n) is 18.3. The molecule has 32 heavy (non-hydrogen) atoms.